The second-order valence-corrected chi connectivity index (χ2v) is 13.1. The lowest BCUT2D eigenvalue weighted by molar-refractivity contribution is -0.137. The van der Waals surface area contributed by atoms with Crippen LogP contribution in [0.5, 0.6) is 5.75 Å². The fraction of sp³-hybridized carbons (Fsp3) is 0.200. The summed E-state index contributed by atoms with van der Waals surface area (Å²) >= 11 is 13.7. The van der Waals surface area contributed by atoms with Crippen molar-refractivity contribution < 1.29 is 32.3 Å². The van der Waals surface area contributed by atoms with Crippen LogP contribution in [0.15, 0.2) is 76.6 Å². The van der Waals surface area contributed by atoms with Crippen LogP contribution in [0.1, 0.15) is 21.9 Å². The van der Waals surface area contributed by atoms with E-state index in [0.717, 1.165) is 35.2 Å². The number of rotatable bonds is 6. The summed E-state index contributed by atoms with van der Waals surface area (Å²) in [5.41, 5.74) is -0.800. The Kier molecular flexibility index (Phi) is 8.23. The molecule has 1 aromatic heterocycles. The summed E-state index contributed by atoms with van der Waals surface area (Å²) in [7, 11) is 1.48. The number of para-hydroxylation sites is 1. The normalized spacial score (nSPS) is 19.3. The molecule has 3 atom stereocenters. The molecule has 3 amide bonds. The van der Waals surface area contributed by atoms with Gasteiger partial charge in [0.1, 0.15) is 17.5 Å². The second kappa shape index (κ2) is 11.9. The minimum Gasteiger partial charge on any atom is -0.497 e. The smallest absolute Gasteiger partial charge is 0.418 e. The Hall–Kier alpha value is -3.78. The number of fused-ring (bicyclic) bond motifs is 2. The summed E-state index contributed by atoms with van der Waals surface area (Å²) in [5, 5.41) is 2.26. The van der Waals surface area contributed by atoms with E-state index in [1.165, 1.54) is 42.0 Å². The highest BCUT2D eigenvalue weighted by atomic mass is 35.5. The number of nitrogens with zero attached hydrogens (tertiary/aromatic N) is 2. The molecular formula is C30H20Cl2F3N3O5S2. The first-order chi connectivity index (χ1) is 21.4. The molecule has 8 nitrogen and oxygen atoms in total. The van der Waals surface area contributed by atoms with E-state index in [0.29, 0.717) is 26.8 Å². The molecule has 0 saturated carbocycles. The maximum absolute atomic E-state index is 14.0. The maximum atomic E-state index is 14.0. The monoisotopic (exact) mass is 693 g/mol. The molecule has 1 fully saturated rings. The summed E-state index contributed by atoms with van der Waals surface area (Å²) in [6.07, 6.45) is -4.83. The third-order valence-corrected chi connectivity index (χ3v) is 10.8. The number of thiazole rings is 1. The van der Waals surface area contributed by atoms with E-state index in [9.17, 15) is 32.3 Å². The zero-order chi connectivity index (χ0) is 32.2. The van der Waals surface area contributed by atoms with Gasteiger partial charge in [-0.25, -0.2) is 4.90 Å². The largest absolute Gasteiger partial charge is 0.497 e. The quantitative estimate of drug-likeness (QED) is 0.227. The molecule has 6 rings (SSSR count). The average Bonchev–Trinajstić information content (AvgIpc) is 3.44. The lowest BCUT2D eigenvalue weighted by atomic mass is 9.83. The van der Waals surface area contributed by atoms with Crippen LogP contribution in [0, 0.1) is 5.92 Å². The number of hydrogen-bond acceptors (Lipinski definition) is 7. The molecule has 15 heteroatoms. The van der Waals surface area contributed by atoms with Gasteiger partial charge in [0.05, 0.1) is 39.3 Å². The summed E-state index contributed by atoms with van der Waals surface area (Å²) < 4.78 is 48.4. The van der Waals surface area contributed by atoms with Gasteiger partial charge >= 0.3 is 11.0 Å². The lowest BCUT2D eigenvalue weighted by Crippen LogP contribution is -2.33. The van der Waals surface area contributed by atoms with Crippen LogP contribution in [-0.4, -0.2) is 34.6 Å². The molecule has 4 aromatic rings. The Morgan fingerprint density at radius 3 is 2.36 bits per heavy atom. The third kappa shape index (κ3) is 5.62. The van der Waals surface area contributed by atoms with E-state index in [1.807, 2.05) is 0 Å². The number of alkyl halides is 3. The van der Waals surface area contributed by atoms with Crippen molar-refractivity contribution in [2.75, 3.05) is 17.3 Å². The van der Waals surface area contributed by atoms with Gasteiger partial charge in [-0.3, -0.25) is 23.7 Å². The van der Waals surface area contributed by atoms with Gasteiger partial charge in [0.15, 0.2) is 0 Å². The Labute approximate surface area is 271 Å². The Morgan fingerprint density at radius 2 is 1.69 bits per heavy atom. The molecule has 232 valence electrons. The minimum absolute atomic E-state index is 0.213. The van der Waals surface area contributed by atoms with Crippen LogP contribution in [0.4, 0.5) is 24.5 Å². The highest BCUT2D eigenvalue weighted by molar-refractivity contribution is 8.00. The van der Waals surface area contributed by atoms with Gasteiger partial charge < -0.3 is 10.1 Å². The first-order valence-electron chi connectivity index (χ1n) is 13.2. The van der Waals surface area contributed by atoms with Crippen molar-refractivity contribution in [1.82, 2.24) is 4.57 Å². The number of hydrogen-bond donors (Lipinski definition) is 1. The van der Waals surface area contributed by atoms with Crippen LogP contribution < -0.4 is 19.8 Å². The van der Waals surface area contributed by atoms with Crippen molar-refractivity contribution in [2.45, 2.75) is 28.9 Å². The SMILES string of the molecule is COc1ccc([C@H]2c3sc(=O)n(CC(=O)Nc4ccc(Cl)c(Cl)c4)c3SC3C(=O)N(c4ccccc4C(F)(F)F)C(=O)C32)cc1. The van der Waals surface area contributed by atoms with Gasteiger partial charge in [0.2, 0.25) is 17.7 Å². The zero-order valence-electron chi connectivity index (χ0n) is 22.9. The van der Waals surface area contributed by atoms with Gasteiger partial charge in [0.25, 0.3) is 0 Å². The van der Waals surface area contributed by atoms with Crippen molar-refractivity contribution in [3.05, 3.63) is 102 Å². The second-order valence-electron chi connectivity index (χ2n) is 10.1. The molecule has 0 aliphatic carbocycles. The lowest BCUT2D eigenvalue weighted by Gasteiger charge is -2.30. The molecule has 2 unspecified atom stereocenters. The number of carbonyl (C=O) groups is 3. The topological polar surface area (TPSA) is 97.7 Å². The third-order valence-electron chi connectivity index (χ3n) is 7.48. The number of benzene rings is 3. The number of ether oxygens (including phenoxy) is 1. The summed E-state index contributed by atoms with van der Waals surface area (Å²) in [6.45, 7) is -0.437. The molecule has 1 N–H and O–H groups in total. The molecule has 0 bridgehead atoms. The van der Waals surface area contributed by atoms with Crippen LogP contribution in [0.25, 0.3) is 0 Å². The fourth-order valence-electron chi connectivity index (χ4n) is 5.49. The molecule has 45 heavy (non-hydrogen) atoms. The van der Waals surface area contributed by atoms with Crippen LogP contribution >= 0.6 is 46.3 Å². The number of anilines is 2. The predicted octanol–water partition coefficient (Wildman–Crippen LogP) is 6.68. The number of imide groups is 1. The van der Waals surface area contributed by atoms with E-state index in [2.05, 4.69) is 5.32 Å². The fourth-order valence-corrected chi connectivity index (χ4v) is 8.56. The number of methoxy groups -OCH3 is 1. The first-order valence-corrected chi connectivity index (χ1v) is 15.7. The van der Waals surface area contributed by atoms with Crippen molar-refractivity contribution in [3.63, 3.8) is 0 Å². The maximum Gasteiger partial charge on any atom is 0.418 e. The number of amides is 3. The molecule has 2 aliphatic heterocycles. The summed E-state index contributed by atoms with van der Waals surface area (Å²) in [6, 6.07) is 15.5. The molecule has 3 aromatic carbocycles. The number of carbonyl (C=O) groups excluding carboxylic acids is 3. The highest BCUT2D eigenvalue weighted by Gasteiger charge is 2.57. The van der Waals surface area contributed by atoms with Crippen molar-refractivity contribution in [2.24, 2.45) is 5.92 Å². The van der Waals surface area contributed by atoms with Gasteiger partial charge in [-0.2, -0.15) is 13.2 Å². The van der Waals surface area contributed by atoms with Gasteiger partial charge in [-0.15, -0.1) is 0 Å². The van der Waals surface area contributed by atoms with E-state index in [1.54, 1.807) is 24.3 Å². The van der Waals surface area contributed by atoms with E-state index in [-0.39, 0.29) is 15.1 Å². The zero-order valence-corrected chi connectivity index (χ0v) is 26.1. The van der Waals surface area contributed by atoms with Gasteiger partial charge in [-0.05, 0) is 48.0 Å². The van der Waals surface area contributed by atoms with Crippen molar-refractivity contribution >= 4 is 75.4 Å². The molecule has 2 aliphatic rings. The Balaban J connectivity index is 1.42. The summed E-state index contributed by atoms with van der Waals surface area (Å²) in [4.78, 5) is 54.8. The summed E-state index contributed by atoms with van der Waals surface area (Å²) in [5.74, 6) is -3.71. The van der Waals surface area contributed by atoms with E-state index >= 15 is 0 Å². The molecule has 0 radical (unpaired) electrons. The van der Waals surface area contributed by atoms with E-state index in [4.69, 9.17) is 27.9 Å². The Morgan fingerprint density at radius 1 is 0.978 bits per heavy atom. The molecule has 1 saturated heterocycles. The highest BCUT2D eigenvalue weighted by Crippen LogP contribution is 2.54. The Bertz CT molecular complexity index is 1910. The van der Waals surface area contributed by atoms with Crippen LogP contribution in [-0.2, 0) is 27.1 Å². The standard InChI is InChI=1S/C30H20Cl2F3N3O5S2/c1-43-16-9-6-14(7-10-16)22-23-24(27(41)38(26(23)40)20-5-3-2-4-17(20)30(33,34)35)44-28-25(22)45-29(42)37(28)13-21(39)36-15-8-11-18(31)19(32)12-15/h2-12,22-24H,13H2,1H3,(H,36,39)/t22-,23?,24?/m1/s1. The number of aromatic nitrogens is 1. The van der Waals surface area contributed by atoms with Crippen molar-refractivity contribution in [3.8, 4) is 5.75 Å². The van der Waals surface area contributed by atoms with Crippen LogP contribution in [0.2, 0.25) is 10.0 Å². The van der Waals surface area contributed by atoms with Gasteiger partial charge in [-0.1, -0.05) is 70.6 Å². The van der Waals surface area contributed by atoms with Gasteiger partial charge in [0, 0.05) is 16.5 Å². The van der Waals surface area contributed by atoms with Crippen molar-refractivity contribution in [1.29, 1.82) is 0 Å². The number of thioether (sulfide) groups is 1. The van der Waals surface area contributed by atoms with E-state index < -0.39 is 63.7 Å². The molecule has 3 heterocycles. The average molecular weight is 695 g/mol. The molecular weight excluding hydrogens is 674 g/mol. The molecule has 0 spiro atoms. The predicted molar refractivity (Wildman–Crippen MR) is 166 cm³/mol. The minimum atomic E-state index is -4.83. The first kappa shape index (κ1) is 31.2. The van der Waals surface area contributed by atoms with Crippen LogP contribution in [0.3, 0.4) is 0 Å². The number of nitrogens with one attached hydrogen (secondary N) is 1. The number of halogens is 5.